The molecule has 436 valence electrons. The number of amides is 2. The van der Waals surface area contributed by atoms with Gasteiger partial charge >= 0.3 is 0 Å². The number of alkyl halides is 4. The van der Waals surface area contributed by atoms with E-state index < -0.39 is 33.2 Å². The maximum atomic E-state index is 13.2. The van der Waals surface area contributed by atoms with Crippen LogP contribution in [0, 0.1) is 22.7 Å². The van der Waals surface area contributed by atoms with Crippen LogP contribution in [0.3, 0.4) is 0 Å². The third kappa shape index (κ3) is 13.1. The molecule has 2 amide bonds. The Balaban J connectivity index is 0.000000153. The normalized spacial score (nSPS) is 21.1. The number of rotatable bonds is 14. The minimum atomic E-state index is -3.48. The number of aromatic nitrogens is 8. The van der Waals surface area contributed by atoms with Crippen LogP contribution < -0.4 is 15.9 Å². The maximum Gasteiger partial charge on any atom is 0.264 e. The number of aliphatic hydroxyl groups is 2. The molecular formula is C55H66F4N10O11S. The number of fused-ring (bicyclic) bond motifs is 2. The zero-order chi connectivity index (χ0) is 57.9. The molecule has 2 aromatic carbocycles. The predicted octanol–water partition coefficient (Wildman–Crippen LogP) is 5.61. The number of benzene rings is 2. The number of carbonyl (C=O) groups excluding carboxylic acids is 2. The minimum absolute atomic E-state index is 0.0861. The van der Waals surface area contributed by atoms with E-state index in [1.54, 1.807) is 48.5 Å². The van der Waals surface area contributed by atoms with E-state index in [-0.39, 0.29) is 103 Å². The highest BCUT2D eigenvalue weighted by Crippen LogP contribution is 2.48. The van der Waals surface area contributed by atoms with Crippen LogP contribution in [0.2, 0.25) is 0 Å². The summed E-state index contributed by atoms with van der Waals surface area (Å²) in [7, 11) is -3.48. The number of carbonyl (C=O) groups is 2. The quantitative estimate of drug-likeness (QED) is 0.0885. The van der Waals surface area contributed by atoms with E-state index in [0.29, 0.717) is 91.1 Å². The van der Waals surface area contributed by atoms with E-state index in [0.717, 1.165) is 31.9 Å². The summed E-state index contributed by atoms with van der Waals surface area (Å²) in [6.45, 7) is 6.20. The molecule has 3 N–H and O–H groups in total. The van der Waals surface area contributed by atoms with Gasteiger partial charge < -0.3 is 29.9 Å². The van der Waals surface area contributed by atoms with Gasteiger partial charge in [-0.1, -0.05) is 26.0 Å². The molecule has 21 nitrogen and oxygen atoms in total. The van der Waals surface area contributed by atoms with Crippen molar-refractivity contribution in [1.29, 1.82) is 0 Å². The van der Waals surface area contributed by atoms with Crippen LogP contribution in [-0.2, 0) is 37.0 Å². The molecule has 6 aromatic rings. The number of halogens is 4. The van der Waals surface area contributed by atoms with Gasteiger partial charge in [-0.2, -0.15) is 18.6 Å². The molecule has 12 rings (SSSR count). The molecule has 0 unspecified atom stereocenters. The number of piperidine rings is 2. The van der Waals surface area contributed by atoms with Crippen LogP contribution in [0.15, 0.2) is 83.2 Å². The largest absolute Gasteiger partial charge is 0.508 e. The molecule has 4 aliphatic carbocycles. The van der Waals surface area contributed by atoms with Crippen molar-refractivity contribution in [3.8, 4) is 22.9 Å². The van der Waals surface area contributed by atoms with Gasteiger partial charge in [-0.25, -0.2) is 36.9 Å². The number of aromatic hydroxyl groups is 1. The van der Waals surface area contributed by atoms with Gasteiger partial charge in [-0.3, -0.25) is 32.5 Å². The molecule has 0 spiro atoms. The first-order valence-corrected chi connectivity index (χ1v) is 29.0. The second-order valence-electron chi connectivity index (χ2n) is 23.7. The van der Waals surface area contributed by atoms with Gasteiger partial charge in [0, 0.05) is 80.7 Å². The lowest BCUT2D eigenvalue weighted by Gasteiger charge is -2.39. The van der Waals surface area contributed by atoms with Gasteiger partial charge in [0.05, 0.1) is 67.5 Å². The zero-order valence-corrected chi connectivity index (χ0v) is 46.0. The van der Waals surface area contributed by atoms with Gasteiger partial charge in [0.15, 0.2) is 11.3 Å². The number of ether oxygens (including phenoxy) is 1. The van der Waals surface area contributed by atoms with Gasteiger partial charge in [0.25, 0.3) is 21.2 Å². The Morgan fingerprint density at radius 1 is 0.642 bits per heavy atom. The Hall–Kier alpha value is -6.77. The second kappa shape index (κ2) is 21.5. The topological polar surface area (TPSA) is 259 Å². The highest BCUT2D eigenvalue weighted by Gasteiger charge is 2.50. The lowest BCUT2D eigenvalue weighted by molar-refractivity contribution is -0.142. The van der Waals surface area contributed by atoms with Crippen LogP contribution in [-0.4, -0.2) is 153 Å². The fourth-order valence-electron chi connectivity index (χ4n) is 10.8. The zero-order valence-electron chi connectivity index (χ0n) is 45.2. The van der Waals surface area contributed by atoms with Crippen molar-refractivity contribution in [2.24, 2.45) is 22.7 Å². The average molecular weight is 1150 g/mol. The third-order valence-electron chi connectivity index (χ3n) is 16.5. The molecule has 2 aliphatic heterocycles. The SMILES string of the molecule is CC1(C(=O)N2CCC(O)(Cn3cnc4c(cnn4-c4cccc(O)c4)c3=O)CC2)CC1.CC1(C(=O)N2CCC(O)(Cn3cnc4c(cnn4-c4cccc(OCC5CC(F)(F)C5)c4)c3=O)CC2)CC1.CS(=O)(=O)OCC1CC(F)(F)C1. The molecule has 26 heteroatoms. The first-order valence-electron chi connectivity index (χ1n) is 27.1. The number of nitrogens with zero attached hydrogens (tertiary/aromatic N) is 10. The summed E-state index contributed by atoms with van der Waals surface area (Å²) in [5.74, 6) is -4.71. The summed E-state index contributed by atoms with van der Waals surface area (Å²) in [6.07, 6.45) is 11.1. The molecular weight excluding hydrogens is 1080 g/mol. The fraction of sp³-hybridized carbons (Fsp3) is 0.564. The van der Waals surface area contributed by atoms with Crippen molar-refractivity contribution in [2.45, 2.75) is 127 Å². The molecule has 6 fully saturated rings. The summed E-state index contributed by atoms with van der Waals surface area (Å²) < 4.78 is 87.4. The lowest BCUT2D eigenvalue weighted by atomic mass is 9.82. The van der Waals surface area contributed by atoms with Crippen molar-refractivity contribution in [3.63, 3.8) is 0 Å². The third-order valence-corrected chi connectivity index (χ3v) is 17.1. The molecule has 0 atom stereocenters. The Labute approximate surface area is 463 Å². The van der Waals surface area contributed by atoms with Gasteiger partial charge in [-0.15, -0.1) is 0 Å². The number of likely N-dealkylation sites (tertiary alicyclic amines) is 2. The summed E-state index contributed by atoms with van der Waals surface area (Å²) in [4.78, 5) is 64.0. The minimum Gasteiger partial charge on any atom is -0.508 e. The highest BCUT2D eigenvalue weighted by molar-refractivity contribution is 7.85. The summed E-state index contributed by atoms with van der Waals surface area (Å²) in [5.41, 5.74) is -1.23. The molecule has 81 heavy (non-hydrogen) atoms. The van der Waals surface area contributed by atoms with Crippen LogP contribution in [0.5, 0.6) is 11.5 Å². The second-order valence-corrected chi connectivity index (χ2v) is 25.3. The summed E-state index contributed by atoms with van der Waals surface area (Å²) in [6, 6.07) is 13.6. The van der Waals surface area contributed by atoms with Crippen LogP contribution in [0.1, 0.15) is 90.9 Å². The Kier molecular flexibility index (Phi) is 15.3. The maximum absolute atomic E-state index is 13.2. The molecule has 4 aromatic heterocycles. The van der Waals surface area contributed by atoms with Gasteiger partial charge in [-0.05, 0) is 81.5 Å². The summed E-state index contributed by atoms with van der Waals surface area (Å²) in [5, 5.41) is 41.2. The standard InChI is InChI=1S/C27H31F2N5O4.C22H25N5O4.C6H10F2O3S/c1-25(5-6-25)24(36)32-9-7-26(37,8-10-32)16-33-17-30-22-21(23(33)35)14-31-34(22)19-3-2-4-20(11-19)38-15-18-12-27(28,29)13-18;1-21(5-6-21)20(30)25-9-7-22(31,8-10-25)13-26-14-23-18-17(19(26)29)12-24-27(18)15-3-2-4-16(28)11-15;1-12(9,10)11-4-5-2-6(7,8)3-5/h2-4,11,14,17-18,37H,5-10,12-13,15-16H2,1H3;2-4,11-12,14,28,31H,5-10,13H2,1H3;5H,2-4H2,1H3. The Morgan fingerprint density at radius 3 is 1.47 bits per heavy atom. The molecule has 6 aliphatic rings. The smallest absolute Gasteiger partial charge is 0.264 e. The van der Waals surface area contributed by atoms with Crippen molar-refractivity contribution >= 4 is 44.0 Å². The molecule has 0 bridgehead atoms. The van der Waals surface area contributed by atoms with E-state index in [9.17, 15) is 60.5 Å². The van der Waals surface area contributed by atoms with E-state index in [1.807, 2.05) is 23.6 Å². The predicted molar refractivity (Wildman–Crippen MR) is 286 cm³/mol. The van der Waals surface area contributed by atoms with Crippen molar-refractivity contribution < 1.29 is 59.8 Å². The number of hydrogen-bond donors (Lipinski definition) is 3. The van der Waals surface area contributed by atoms with Crippen molar-refractivity contribution in [2.75, 3.05) is 45.6 Å². The van der Waals surface area contributed by atoms with Crippen LogP contribution >= 0.6 is 0 Å². The molecule has 2 saturated heterocycles. The Bertz CT molecular complexity index is 3570. The highest BCUT2D eigenvalue weighted by atomic mass is 32.2. The van der Waals surface area contributed by atoms with E-state index >= 15 is 0 Å². The van der Waals surface area contributed by atoms with Gasteiger partial charge in [0.1, 0.15) is 34.9 Å². The first kappa shape index (κ1) is 57.5. The lowest BCUT2D eigenvalue weighted by Crippen LogP contribution is -2.51. The number of phenols is 1. The van der Waals surface area contributed by atoms with Crippen LogP contribution in [0.4, 0.5) is 17.6 Å². The van der Waals surface area contributed by atoms with Crippen molar-refractivity contribution in [3.05, 3.63) is 94.3 Å². The monoisotopic (exact) mass is 1150 g/mol. The van der Waals surface area contributed by atoms with Gasteiger partial charge in [0.2, 0.25) is 23.7 Å². The van der Waals surface area contributed by atoms with E-state index in [2.05, 4.69) is 24.3 Å². The first-order chi connectivity index (χ1) is 38.1. The Morgan fingerprint density at radius 2 is 1.06 bits per heavy atom. The summed E-state index contributed by atoms with van der Waals surface area (Å²) >= 11 is 0. The number of hydrogen-bond acceptors (Lipinski definition) is 15. The molecule has 6 heterocycles. The van der Waals surface area contributed by atoms with Crippen LogP contribution in [0.25, 0.3) is 33.4 Å². The van der Waals surface area contributed by atoms with E-state index in [4.69, 9.17) is 4.74 Å². The fourth-order valence-corrected chi connectivity index (χ4v) is 11.3. The van der Waals surface area contributed by atoms with Crippen molar-refractivity contribution in [1.82, 2.24) is 48.5 Å². The number of phenolic OH excluding ortho intramolecular Hbond substituents is 1. The molecule has 0 radical (unpaired) electrons. The average Bonchev–Trinajstić information content (AvgIpc) is 4.29. The van der Waals surface area contributed by atoms with E-state index in [1.165, 1.54) is 43.5 Å². The molecule has 4 saturated carbocycles.